The van der Waals surface area contributed by atoms with Crippen molar-refractivity contribution in [1.29, 1.82) is 0 Å². The molecule has 6 heteroatoms. The van der Waals surface area contributed by atoms with E-state index in [1.165, 1.54) is 0 Å². The van der Waals surface area contributed by atoms with Crippen LogP contribution >= 0.6 is 15.9 Å². The van der Waals surface area contributed by atoms with Gasteiger partial charge in [-0.2, -0.15) is 0 Å². The maximum absolute atomic E-state index is 11.6. The zero-order chi connectivity index (χ0) is 13.8. The first-order valence-electron chi connectivity index (χ1n) is 5.70. The van der Waals surface area contributed by atoms with Crippen LogP contribution in [0, 0.1) is 0 Å². The van der Waals surface area contributed by atoms with E-state index in [4.69, 9.17) is 10.5 Å². The minimum atomic E-state index is -3.07. The van der Waals surface area contributed by atoms with Gasteiger partial charge in [-0.1, -0.05) is 12.1 Å². The molecule has 4 nitrogen and oxygen atoms in total. The van der Waals surface area contributed by atoms with Gasteiger partial charge in [0.2, 0.25) is 0 Å². The largest absolute Gasteiger partial charge is 0.491 e. The SMILES string of the molecule is CC(C)S(=O)(=O)CCOc1c(Br)cccc1CN. The van der Waals surface area contributed by atoms with E-state index >= 15 is 0 Å². The highest BCUT2D eigenvalue weighted by Gasteiger charge is 2.16. The fourth-order valence-corrected chi connectivity index (χ4v) is 2.68. The number of nitrogens with two attached hydrogens (primary N) is 1. The Morgan fingerprint density at radius 1 is 1.39 bits per heavy atom. The lowest BCUT2D eigenvalue weighted by molar-refractivity contribution is 0.335. The fourth-order valence-electron chi connectivity index (χ4n) is 1.37. The van der Waals surface area contributed by atoms with E-state index in [2.05, 4.69) is 15.9 Å². The summed E-state index contributed by atoms with van der Waals surface area (Å²) in [6.07, 6.45) is 0. The molecule has 1 aromatic carbocycles. The standard InChI is InChI=1S/C12H18BrNO3S/c1-9(2)18(15,16)7-6-17-12-10(8-14)4-3-5-11(12)13/h3-5,9H,6-8,14H2,1-2H3. The molecule has 0 heterocycles. The molecule has 0 saturated carbocycles. The first kappa shape index (κ1) is 15.5. The molecule has 102 valence electrons. The lowest BCUT2D eigenvalue weighted by atomic mass is 10.2. The zero-order valence-electron chi connectivity index (χ0n) is 10.5. The Morgan fingerprint density at radius 2 is 2.06 bits per heavy atom. The summed E-state index contributed by atoms with van der Waals surface area (Å²) in [7, 11) is -3.07. The number of sulfone groups is 1. The van der Waals surface area contributed by atoms with E-state index in [-0.39, 0.29) is 17.6 Å². The van der Waals surface area contributed by atoms with Gasteiger partial charge >= 0.3 is 0 Å². The molecule has 0 aliphatic rings. The van der Waals surface area contributed by atoms with E-state index in [1.807, 2.05) is 18.2 Å². The minimum absolute atomic E-state index is 0.00993. The van der Waals surface area contributed by atoms with E-state index in [0.29, 0.717) is 12.3 Å². The molecule has 0 aromatic heterocycles. The number of halogens is 1. The van der Waals surface area contributed by atoms with Gasteiger partial charge in [0.25, 0.3) is 0 Å². The highest BCUT2D eigenvalue weighted by Crippen LogP contribution is 2.28. The van der Waals surface area contributed by atoms with Crippen LogP contribution in [0.25, 0.3) is 0 Å². The fraction of sp³-hybridized carbons (Fsp3) is 0.500. The molecule has 0 unspecified atom stereocenters. The Labute approximate surface area is 117 Å². The third kappa shape index (κ3) is 3.96. The predicted octanol–water partition coefficient (Wildman–Crippen LogP) is 2.11. The predicted molar refractivity (Wildman–Crippen MR) is 76.5 cm³/mol. The third-order valence-corrected chi connectivity index (χ3v) is 5.40. The molecule has 1 rings (SSSR count). The van der Waals surface area contributed by atoms with Crippen LogP contribution in [-0.2, 0) is 16.4 Å². The molecule has 0 saturated heterocycles. The van der Waals surface area contributed by atoms with Gasteiger partial charge in [0.15, 0.2) is 9.84 Å². The number of para-hydroxylation sites is 1. The van der Waals surface area contributed by atoms with Gasteiger partial charge < -0.3 is 10.5 Å². The summed E-state index contributed by atoms with van der Waals surface area (Å²) in [6.45, 7) is 3.82. The van der Waals surface area contributed by atoms with Crippen LogP contribution in [0.5, 0.6) is 5.75 Å². The molecule has 0 radical (unpaired) electrons. The summed E-state index contributed by atoms with van der Waals surface area (Å²) in [5.74, 6) is 0.634. The van der Waals surface area contributed by atoms with Crippen LogP contribution in [0.3, 0.4) is 0 Å². The molecule has 0 aliphatic heterocycles. The van der Waals surface area contributed by atoms with Crippen molar-refractivity contribution in [1.82, 2.24) is 0 Å². The monoisotopic (exact) mass is 335 g/mol. The van der Waals surface area contributed by atoms with Crippen LogP contribution in [0.1, 0.15) is 19.4 Å². The van der Waals surface area contributed by atoms with E-state index in [9.17, 15) is 8.42 Å². The molecule has 18 heavy (non-hydrogen) atoms. The average Bonchev–Trinajstić information content (AvgIpc) is 2.30. The maximum Gasteiger partial charge on any atom is 0.155 e. The first-order chi connectivity index (χ1) is 8.38. The van der Waals surface area contributed by atoms with Crippen molar-refractivity contribution in [2.24, 2.45) is 5.73 Å². The van der Waals surface area contributed by atoms with Crippen LogP contribution in [-0.4, -0.2) is 26.0 Å². The highest BCUT2D eigenvalue weighted by molar-refractivity contribution is 9.10. The Bertz CT molecular complexity index is 500. The number of hydrogen-bond donors (Lipinski definition) is 1. The summed E-state index contributed by atoms with van der Waals surface area (Å²) >= 11 is 3.37. The molecular formula is C12H18BrNO3S. The summed E-state index contributed by atoms with van der Waals surface area (Å²) in [6, 6.07) is 5.56. The zero-order valence-corrected chi connectivity index (χ0v) is 12.9. The van der Waals surface area contributed by atoms with Crippen molar-refractivity contribution in [2.45, 2.75) is 25.6 Å². The van der Waals surface area contributed by atoms with Crippen LogP contribution < -0.4 is 10.5 Å². The first-order valence-corrected chi connectivity index (χ1v) is 8.21. The van der Waals surface area contributed by atoms with Crippen molar-refractivity contribution in [3.8, 4) is 5.75 Å². The Kier molecular flexibility index (Phi) is 5.62. The van der Waals surface area contributed by atoms with Gasteiger partial charge in [-0.3, -0.25) is 0 Å². The van der Waals surface area contributed by atoms with Crippen LogP contribution in [0.2, 0.25) is 0 Å². The summed E-state index contributed by atoms with van der Waals surface area (Å²) in [4.78, 5) is 0. The molecule has 0 atom stereocenters. The third-order valence-electron chi connectivity index (χ3n) is 2.60. The molecule has 2 N–H and O–H groups in total. The van der Waals surface area contributed by atoms with Gasteiger partial charge in [0.05, 0.1) is 15.5 Å². The number of ether oxygens (including phenoxy) is 1. The molecule has 1 aromatic rings. The molecule has 0 amide bonds. The second-order valence-electron chi connectivity index (χ2n) is 4.20. The summed E-state index contributed by atoms with van der Waals surface area (Å²) in [5, 5.41) is -0.380. The van der Waals surface area contributed by atoms with Gasteiger partial charge in [0, 0.05) is 12.1 Å². The Balaban J connectivity index is 2.70. The maximum atomic E-state index is 11.6. The molecule has 0 aliphatic carbocycles. The molecular weight excluding hydrogens is 318 g/mol. The number of rotatable bonds is 6. The van der Waals surface area contributed by atoms with E-state index in [1.54, 1.807) is 13.8 Å². The van der Waals surface area contributed by atoms with Crippen molar-refractivity contribution < 1.29 is 13.2 Å². The quantitative estimate of drug-likeness (QED) is 0.864. The second-order valence-corrected chi connectivity index (χ2v) is 7.73. The second kappa shape index (κ2) is 6.54. The van der Waals surface area contributed by atoms with Gasteiger partial charge in [-0.05, 0) is 35.8 Å². The lowest BCUT2D eigenvalue weighted by Crippen LogP contribution is -2.22. The van der Waals surface area contributed by atoms with E-state index < -0.39 is 9.84 Å². The average molecular weight is 336 g/mol. The normalized spacial score (nSPS) is 11.8. The van der Waals surface area contributed by atoms with Crippen molar-refractivity contribution >= 4 is 25.8 Å². The summed E-state index contributed by atoms with van der Waals surface area (Å²) in [5.41, 5.74) is 6.46. The highest BCUT2D eigenvalue weighted by atomic mass is 79.9. The van der Waals surface area contributed by atoms with E-state index in [0.717, 1.165) is 10.0 Å². The Hall–Kier alpha value is -0.590. The van der Waals surface area contributed by atoms with Crippen LogP contribution in [0.4, 0.5) is 0 Å². The van der Waals surface area contributed by atoms with Gasteiger partial charge in [-0.15, -0.1) is 0 Å². The van der Waals surface area contributed by atoms with Crippen LogP contribution in [0.15, 0.2) is 22.7 Å². The van der Waals surface area contributed by atoms with Crippen molar-refractivity contribution in [3.05, 3.63) is 28.2 Å². The van der Waals surface area contributed by atoms with Crippen molar-refractivity contribution in [2.75, 3.05) is 12.4 Å². The minimum Gasteiger partial charge on any atom is -0.491 e. The summed E-state index contributed by atoms with van der Waals surface area (Å²) < 4.78 is 29.6. The van der Waals surface area contributed by atoms with Crippen molar-refractivity contribution in [3.63, 3.8) is 0 Å². The lowest BCUT2D eigenvalue weighted by Gasteiger charge is -2.13. The smallest absolute Gasteiger partial charge is 0.155 e. The van der Waals surface area contributed by atoms with Gasteiger partial charge in [0.1, 0.15) is 12.4 Å². The van der Waals surface area contributed by atoms with Gasteiger partial charge in [-0.25, -0.2) is 8.42 Å². The molecule has 0 bridgehead atoms. The Morgan fingerprint density at radius 3 is 2.61 bits per heavy atom. The molecule has 0 spiro atoms. The molecule has 0 fully saturated rings. The topological polar surface area (TPSA) is 69.4 Å². The number of benzene rings is 1. The number of hydrogen-bond acceptors (Lipinski definition) is 4.